The fourth-order valence-electron chi connectivity index (χ4n) is 1.79. The Morgan fingerprint density at radius 2 is 1.78 bits per heavy atom. The summed E-state index contributed by atoms with van der Waals surface area (Å²) in [5.41, 5.74) is 3.75. The van der Waals surface area contributed by atoms with E-state index >= 15 is 0 Å². The molecule has 0 unspecified atom stereocenters. The summed E-state index contributed by atoms with van der Waals surface area (Å²) in [7, 11) is 3.12. The predicted octanol–water partition coefficient (Wildman–Crippen LogP) is 3.51. The number of nitrogens with zero attached hydrogens (tertiary/aromatic N) is 1. The highest BCUT2D eigenvalue weighted by molar-refractivity contribution is 6.30. The summed E-state index contributed by atoms with van der Waals surface area (Å²) in [6.45, 7) is 0. The van der Waals surface area contributed by atoms with E-state index in [0.29, 0.717) is 22.2 Å². The van der Waals surface area contributed by atoms with E-state index in [9.17, 15) is 4.79 Å². The van der Waals surface area contributed by atoms with Gasteiger partial charge in [0.15, 0.2) is 11.5 Å². The number of urea groups is 1. The van der Waals surface area contributed by atoms with Crippen molar-refractivity contribution in [1.29, 1.82) is 0 Å². The third-order valence-corrected chi connectivity index (χ3v) is 3.14. The van der Waals surface area contributed by atoms with Crippen LogP contribution in [0.2, 0.25) is 5.02 Å². The highest BCUT2D eigenvalue weighted by atomic mass is 35.5. The number of hydrazone groups is 1. The molecule has 0 saturated heterocycles. The Balaban J connectivity index is 1.93. The zero-order valence-electron chi connectivity index (χ0n) is 12.7. The van der Waals surface area contributed by atoms with Crippen LogP contribution in [0, 0.1) is 0 Å². The second-order valence-electron chi connectivity index (χ2n) is 4.45. The van der Waals surface area contributed by atoms with E-state index in [1.165, 1.54) is 6.21 Å². The number of carbonyl (C=O) groups excluding carboxylic acids is 1. The number of benzene rings is 2. The Morgan fingerprint density at radius 1 is 1.09 bits per heavy atom. The molecular formula is C16H16ClN3O3. The van der Waals surface area contributed by atoms with E-state index < -0.39 is 6.03 Å². The van der Waals surface area contributed by atoms with Crippen LogP contribution in [0.3, 0.4) is 0 Å². The lowest BCUT2D eigenvalue weighted by Gasteiger charge is -2.07. The molecule has 23 heavy (non-hydrogen) atoms. The van der Waals surface area contributed by atoms with Crippen LogP contribution in [0.5, 0.6) is 11.5 Å². The molecule has 0 aromatic heterocycles. The average Bonchev–Trinajstić information content (AvgIpc) is 2.56. The quantitative estimate of drug-likeness (QED) is 0.649. The smallest absolute Gasteiger partial charge is 0.339 e. The van der Waals surface area contributed by atoms with E-state index in [1.807, 2.05) is 0 Å². The van der Waals surface area contributed by atoms with Gasteiger partial charge in [0.05, 0.1) is 20.4 Å². The summed E-state index contributed by atoms with van der Waals surface area (Å²) in [6.07, 6.45) is 1.50. The minimum absolute atomic E-state index is 0.455. The molecule has 0 atom stereocenters. The van der Waals surface area contributed by atoms with Crippen LogP contribution in [0.1, 0.15) is 5.56 Å². The molecule has 0 fully saturated rings. The van der Waals surface area contributed by atoms with Crippen LogP contribution >= 0.6 is 11.6 Å². The summed E-state index contributed by atoms with van der Waals surface area (Å²) in [5.74, 6) is 1.21. The number of anilines is 1. The number of ether oxygens (including phenoxy) is 2. The topological polar surface area (TPSA) is 72.0 Å². The largest absolute Gasteiger partial charge is 0.493 e. The van der Waals surface area contributed by atoms with E-state index in [-0.39, 0.29) is 0 Å². The molecule has 0 aliphatic heterocycles. The van der Waals surface area contributed by atoms with Gasteiger partial charge in [0.25, 0.3) is 0 Å². The number of hydrogen-bond donors (Lipinski definition) is 2. The van der Waals surface area contributed by atoms with Crippen molar-refractivity contribution in [3.05, 3.63) is 53.1 Å². The third kappa shape index (κ3) is 4.89. The summed E-state index contributed by atoms with van der Waals surface area (Å²) < 4.78 is 10.3. The molecule has 2 amide bonds. The van der Waals surface area contributed by atoms with Gasteiger partial charge in [-0.3, -0.25) is 0 Å². The Morgan fingerprint density at radius 3 is 2.43 bits per heavy atom. The fourth-order valence-corrected chi connectivity index (χ4v) is 1.92. The second-order valence-corrected chi connectivity index (χ2v) is 4.88. The Labute approximate surface area is 139 Å². The first-order chi connectivity index (χ1) is 11.1. The van der Waals surface area contributed by atoms with E-state index in [4.69, 9.17) is 21.1 Å². The zero-order chi connectivity index (χ0) is 16.7. The maximum atomic E-state index is 11.7. The maximum Gasteiger partial charge on any atom is 0.339 e. The van der Waals surface area contributed by atoms with Gasteiger partial charge in [-0.2, -0.15) is 5.10 Å². The van der Waals surface area contributed by atoms with E-state index in [0.717, 1.165) is 5.56 Å². The number of nitrogens with one attached hydrogen (secondary N) is 2. The van der Waals surface area contributed by atoms with E-state index in [1.54, 1.807) is 56.7 Å². The zero-order valence-corrected chi connectivity index (χ0v) is 13.4. The summed E-state index contributed by atoms with van der Waals surface area (Å²) in [6, 6.07) is 11.6. The van der Waals surface area contributed by atoms with Gasteiger partial charge in [-0.15, -0.1) is 0 Å². The van der Waals surface area contributed by atoms with Crippen LogP contribution < -0.4 is 20.2 Å². The fraction of sp³-hybridized carbons (Fsp3) is 0.125. The molecule has 0 saturated carbocycles. The first-order valence-electron chi connectivity index (χ1n) is 6.70. The standard InChI is InChI=1S/C16H16ClN3O3/c1-22-14-8-3-11(9-15(14)23-2)10-18-20-16(21)19-13-6-4-12(17)5-7-13/h3-10H,1-2H3,(H2,19,20,21)/b18-10+. The van der Waals surface area contributed by atoms with Crippen LogP contribution in [0.25, 0.3) is 0 Å². The minimum Gasteiger partial charge on any atom is -0.493 e. The van der Waals surface area contributed by atoms with Gasteiger partial charge in [-0.25, -0.2) is 10.2 Å². The molecule has 120 valence electrons. The lowest BCUT2D eigenvalue weighted by atomic mass is 10.2. The average molecular weight is 334 g/mol. The molecule has 7 heteroatoms. The first kappa shape index (κ1) is 16.6. The SMILES string of the molecule is COc1ccc(/C=N/NC(=O)Nc2ccc(Cl)cc2)cc1OC. The molecule has 0 radical (unpaired) electrons. The van der Waals surface area contributed by atoms with E-state index in [2.05, 4.69) is 15.8 Å². The van der Waals surface area contributed by atoms with Crippen molar-refractivity contribution >= 4 is 29.5 Å². The summed E-state index contributed by atoms with van der Waals surface area (Å²) in [5, 5.41) is 7.11. The first-order valence-corrected chi connectivity index (χ1v) is 7.08. The van der Waals surface area contributed by atoms with Crippen molar-refractivity contribution < 1.29 is 14.3 Å². The molecule has 0 spiro atoms. The van der Waals surface area contributed by atoms with Crippen molar-refractivity contribution in [3.63, 3.8) is 0 Å². The lowest BCUT2D eigenvalue weighted by Crippen LogP contribution is -2.24. The van der Waals surface area contributed by atoms with Crippen LogP contribution in [-0.2, 0) is 0 Å². The van der Waals surface area contributed by atoms with Crippen molar-refractivity contribution in [2.24, 2.45) is 5.10 Å². The molecule has 0 aliphatic rings. The Kier molecular flexibility index (Phi) is 5.82. The normalized spacial score (nSPS) is 10.4. The number of halogens is 1. The van der Waals surface area contributed by atoms with Crippen molar-refractivity contribution in [2.75, 3.05) is 19.5 Å². The van der Waals surface area contributed by atoms with Crippen LogP contribution in [0.4, 0.5) is 10.5 Å². The Hall–Kier alpha value is -2.73. The number of amides is 2. The highest BCUT2D eigenvalue weighted by Gasteiger charge is 2.03. The number of carbonyl (C=O) groups is 1. The summed E-state index contributed by atoms with van der Waals surface area (Å²) in [4.78, 5) is 11.7. The lowest BCUT2D eigenvalue weighted by molar-refractivity contribution is 0.252. The molecule has 6 nitrogen and oxygen atoms in total. The molecular weight excluding hydrogens is 318 g/mol. The van der Waals surface area contributed by atoms with Gasteiger partial charge in [0.1, 0.15) is 0 Å². The van der Waals surface area contributed by atoms with Gasteiger partial charge in [0, 0.05) is 10.7 Å². The molecule has 2 rings (SSSR count). The van der Waals surface area contributed by atoms with Crippen LogP contribution in [0.15, 0.2) is 47.6 Å². The molecule has 2 aromatic rings. The monoisotopic (exact) mass is 333 g/mol. The second kappa shape index (κ2) is 8.05. The molecule has 0 heterocycles. The van der Waals surface area contributed by atoms with Crippen molar-refractivity contribution in [2.45, 2.75) is 0 Å². The summed E-state index contributed by atoms with van der Waals surface area (Å²) >= 11 is 5.77. The molecule has 0 bridgehead atoms. The van der Waals surface area contributed by atoms with Gasteiger partial charge < -0.3 is 14.8 Å². The minimum atomic E-state index is -0.455. The number of rotatable bonds is 5. The van der Waals surface area contributed by atoms with Crippen LogP contribution in [-0.4, -0.2) is 26.5 Å². The van der Waals surface area contributed by atoms with Crippen molar-refractivity contribution in [3.8, 4) is 11.5 Å². The third-order valence-electron chi connectivity index (χ3n) is 2.89. The number of methoxy groups -OCH3 is 2. The van der Waals surface area contributed by atoms with Gasteiger partial charge in [-0.1, -0.05) is 11.6 Å². The van der Waals surface area contributed by atoms with Gasteiger partial charge >= 0.3 is 6.03 Å². The number of hydrogen-bond acceptors (Lipinski definition) is 4. The maximum absolute atomic E-state index is 11.7. The van der Waals surface area contributed by atoms with Gasteiger partial charge in [-0.05, 0) is 48.0 Å². The molecule has 0 aliphatic carbocycles. The highest BCUT2D eigenvalue weighted by Crippen LogP contribution is 2.26. The predicted molar refractivity (Wildman–Crippen MR) is 90.7 cm³/mol. The molecule has 2 aromatic carbocycles. The van der Waals surface area contributed by atoms with Gasteiger partial charge in [0.2, 0.25) is 0 Å². The Bertz CT molecular complexity index is 702. The molecule has 2 N–H and O–H groups in total. The van der Waals surface area contributed by atoms with Crippen molar-refractivity contribution in [1.82, 2.24) is 5.43 Å².